The molecule has 0 aliphatic heterocycles. The second-order valence-corrected chi connectivity index (χ2v) is 3.66. The maximum absolute atomic E-state index is 9.57. The Kier molecular flexibility index (Phi) is 5.15. The van der Waals surface area contributed by atoms with E-state index >= 15 is 0 Å². The van der Waals surface area contributed by atoms with Crippen LogP contribution in [-0.4, -0.2) is 25.4 Å². The van der Waals surface area contributed by atoms with Gasteiger partial charge in [0.15, 0.2) is 0 Å². The fourth-order valence-electron chi connectivity index (χ4n) is 1.42. The van der Waals surface area contributed by atoms with Crippen molar-refractivity contribution in [1.29, 1.82) is 0 Å². The summed E-state index contributed by atoms with van der Waals surface area (Å²) in [6.07, 6.45) is 0.989. The highest BCUT2D eigenvalue weighted by Crippen LogP contribution is 2.17. The van der Waals surface area contributed by atoms with E-state index in [9.17, 15) is 5.11 Å². The largest absolute Gasteiger partial charge is 0.508 e. The summed E-state index contributed by atoms with van der Waals surface area (Å²) in [5.41, 5.74) is 2.12. The predicted octanol–water partition coefficient (Wildman–Crippen LogP) is 1.83. The molecule has 0 atom stereocenters. The number of aryl methyl sites for hydroxylation is 1. The molecule has 0 radical (unpaired) electrons. The number of ether oxygens (including phenoxy) is 1. The van der Waals surface area contributed by atoms with E-state index in [1.165, 1.54) is 5.56 Å². The smallest absolute Gasteiger partial charge is 0.120 e. The minimum absolute atomic E-state index is 0.361. The average Bonchev–Trinajstić information content (AvgIpc) is 2.23. The Morgan fingerprint density at radius 2 is 2.20 bits per heavy atom. The van der Waals surface area contributed by atoms with Gasteiger partial charge in [-0.2, -0.15) is 0 Å². The van der Waals surface area contributed by atoms with E-state index in [-0.39, 0.29) is 0 Å². The van der Waals surface area contributed by atoms with Gasteiger partial charge in [-0.15, -0.1) is 0 Å². The van der Waals surface area contributed by atoms with Gasteiger partial charge >= 0.3 is 0 Å². The number of phenolic OH excluding ortho intramolecular Hbond substituents is 1. The predicted molar refractivity (Wildman–Crippen MR) is 61.0 cm³/mol. The standard InChI is InChI=1S/C12H19NO2/c1-10-4-5-12(14)11(8-10)9-13-6-3-7-15-2/h4-5,8,13-14H,3,6-7,9H2,1-2H3. The van der Waals surface area contributed by atoms with Crippen molar-refractivity contribution in [2.45, 2.75) is 19.9 Å². The summed E-state index contributed by atoms with van der Waals surface area (Å²) in [7, 11) is 1.70. The zero-order valence-electron chi connectivity index (χ0n) is 9.42. The molecule has 0 bridgehead atoms. The summed E-state index contributed by atoms with van der Waals surface area (Å²) in [6.45, 7) is 4.40. The number of phenols is 1. The van der Waals surface area contributed by atoms with Crippen LogP contribution in [0.5, 0.6) is 5.75 Å². The average molecular weight is 209 g/mol. The molecule has 0 spiro atoms. The van der Waals surface area contributed by atoms with Crippen molar-refractivity contribution in [1.82, 2.24) is 5.32 Å². The third kappa shape index (κ3) is 4.32. The second kappa shape index (κ2) is 6.43. The molecule has 0 amide bonds. The summed E-state index contributed by atoms with van der Waals surface area (Å²) in [5, 5.41) is 12.8. The van der Waals surface area contributed by atoms with Crippen molar-refractivity contribution in [3.05, 3.63) is 29.3 Å². The Labute approximate surface area is 91.1 Å². The van der Waals surface area contributed by atoms with Crippen LogP contribution in [0.1, 0.15) is 17.5 Å². The van der Waals surface area contributed by atoms with E-state index in [2.05, 4.69) is 5.32 Å². The molecule has 2 N–H and O–H groups in total. The Hall–Kier alpha value is -1.06. The van der Waals surface area contributed by atoms with E-state index in [0.29, 0.717) is 12.3 Å². The summed E-state index contributed by atoms with van der Waals surface area (Å²) >= 11 is 0. The Bertz CT molecular complexity index is 300. The minimum atomic E-state index is 0.361. The lowest BCUT2D eigenvalue weighted by Crippen LogP contribution is -2.16. The number of hydrogen-bond acceptors (Lipinski definition) is 3. The minimum Gasteiger partial charge on any atom is -0.508 e. The monoisotopic (exact) mass is 209 g/mol. The summed E-state index contributed by atoms with van der Waals surface area (Å²) in [6, 6.07) is 5.64. The van der Waals surface area contributed by atoms with Gasteiger partial charge in [-0.1, -0.05) is 17.7 Å². The van der Waals surface area contributed by atoms with Gasteiger partial charge in [-0.3, -0.25) is 0 Å². The van der Waals surface area contributed by atoms with Crippen molar-refractivity contribution >= 4 is 0 Å². The fraction of sp³-hybridized carbons (Fsp3) is 0.500. The molecule has 0 unspecified atom stereocenters. The molecular weight excluding hydrogens is 190 g/mol. The van der Waals surface area contributed by atoms with Crippen LogP contribution in [0, 0.1) is 6.92 Å². The summed E-state index contributed by atoms with van der Waals surface area (Å²) < 4.78 is 4.95. The molecule has 0 saturated heterocycles. The van der Waals surface area contributed by atoms with Crippen LogP contribution >= 0.6 is 0 Å². The van der Waals surface area contributed by atoms with Crippen LogP contribution < -0.4 is 5.32 Å². The third-order valence-corrected chi connectivity index (χ3v) is 2.25. The lowest BCUT2D eigenvalue weighted by atomic mass is 10.1. The van der Waals surface area contributed by atoms with E-state index in [1.54, 1.807) is 13.2 Å². The molecule has 0 heterocycles. The number of hydrogen-bond donors (Lipinski definition) is 2. The van der Waals surface area contributed by atoms with Crippen LogP contribution in [0.3, 0.4) is 0 Å². The van der Waals surface area contributed by atoms with Crippen molar-refractivity contribution in [3.8, 4) is 5.75 Å². The van der Waals surface area contributed by atoms with Gasteiger partial charge < -0.3 is 15.2 Å². The molecule has 0 aliphatic carbocycles. The Balaban J connectivity index is 2.33. The number of aromatic hydroxyl groups is 1. The first-order valence-corrected chi connectivity index (χ1v) is 5.22. The van der Waals surface area contributed by atoms with Gasteiger partial charge in [-0.05, 0) is 26.0 Å². The summed E-state index contributed by atoms with van der Waals surface area (Å²) in [4.78, 5) is 0. The van der Waals surface area contributed by atoms with Crippen molar-refractivity contribution in [2.75, 3.05) is 20.3 Å². The molecule has 3 nitrogen and oxygen atoms in total. The highest BCUT2D eigenvalue weighted by molar-refractivity contribution is 5.35. The maximum Gasteiger partial charge on any atom is 0.120 e. The second-order valence-electron chi connectivity index (χ2n) is 3.66. The van der Waals surface area contributed by atoms with E-state index in [0.717, 1.165) is 25.1 Å². The molecule has 84 valence electrons. The van der Waals surface area contributed by atoms with Crippen LogP contribution in [0.25, 0.3) is 0 Å². The topological polar surface area (TPSA) is 41.5 Å². The zero-order chi connectivity index (χ0) is 11.1. The first-order valence-electron chi connectivity index (χ1n) is 5.22. The van der Waals surface area contributed by atoms with Gasteiger partial charge in [0.2, 0.25) is 0 Å². The normalized spacial score (nSPS) is 10.5. The lowest BCUT2D eigenvalue weighted by molar-refractivity contribution is 0.194. The molecule has 0 saturated carbocycles. The molecule has 1 aromatic carbocycles. The van der Waals surface area contributed by atoms with Crippen LogP contribution in [0.2, 0.25) is 0 Å². The number of rotatable bonds is 6. The van der Waals surface area contributed by atoms with Gasteiger partial charge in [-0.25, -0.2) is 0 Å². The fourth-order valence-corrected chi connectivity index (χ4v) is 1.42. The van der Waals surface area contributed by atoms with Crippen LogP contribution in [-0.2, 0) is 11.3 Å². The van der Waals surface area contributed by atoms with E-state index in [1.807, 2.05) is 19.1 Å². The van der Waals surface area contributed by atoms with Gasteiger partial charge in [0.05, 0.1) is 0 Å². The molecule has 0 aliphatic rings. The number of benzene rings is 1. The Morgan fingerprint density at radius 3 is 2.93 bits per heavy atom. The van der Waals surface area contributed by atoms with E-state index in [4.69, 9.17) is 4.74 Å². The van der Waals surface area contributed by atoms with E-state index < -0.39 is 0 Å². The quantitative estimate of drug-likeness (QED) is 0.702. The molecule has 1 aromatic rings. The highest BCUT2D eigenvalue weighted by atomic mass is 16.5. The molecule has 0 aromatic heterocycles. The lowest BCUT2D eigenvalue weighted by Gasteiger charge is -2.07. The van der Waals surface area contributed by atoms with Gasteiger partial charge in [0.1, 0.15) is 5.75 Å². The molecule has 0 fully saturated rings. The third-order valence-electron chi connectivity index (χ3n) is 2.25. The van der Waals surface area contributed by atoms with Crippen molar-refractivity contribution in [2.24, 2.45) is 0 Å². The summed E-state index contributed by atoms with van der Waals surface area (Å²) in [5.74, 6) is 0.361. The SMILES string of the molecule is COCCCNCc1cc(C)ccc1O. The van der Waals surface area contributed by atoms with Gasteiger partial charge in [0, 0.05) is 25.8 Å². The zero-order valence-corrected chi connectivity index (χ0v) is 9.42. The molecule has 3 heteroatoms. The Morgan fingerprint density at radius 1 is 1.40 bits per heavy atom. The van der Waals surface area contributed by atoms with Crippen LogP contribution in [0.15, 0.2) is 18.2 Å². The first kappa shape index (κ1) is 12.0. The molecule has 1 rings (SSSR count). The molecular formula is C12H19NO2. The highest BCUT2D eigenvalue weighted by Gasteiger charge is 2.00. The van der Waals surface area contributed by atoms with Gasteiger partial charge in [0.25, 0.3) is 0 Å². The number of nitrogens with one attached hydrogen (secondary N) is 1. The number of methoxy groups -OCH3 is 1. The van der Waals surface area contributed by atoms with Crippen molar-refractivity contribution < 1.29 is 9.84 Å². The maximum atomic E-state index is 9.57. The first-order chi connectivity index (χ1) is 7.24. The van der Waals surface area contributed by atoms with Crippen LogP contribution in [0.4, 0.5) is 0 Å². The van der Waals surface area contributed by atoms with Crippen molar-refractivity contribution in [3.63, 3.8) is 0 Å². The molecule has 15 heavy (non-hydrogen) atoms.